The number of benzene rings is 1. The van der Waals surface area contributed by atoms with E-state index >= 15 is 0 Å². The lowest BCUT2D eigenvalue weighted by molar-refractivity contribution is -0.142. The average Bonchev–Trinajstić information content (AvgIpc) is 3.05. The summed E-state index contributed by atoms with van der Waals surface area (Å²) < 4.78 is 11.3. The summed E-state index contributed by atoms with van der Waals surface area (Å²) in [6, 6.07) is 11.7. The number of amides is 1. The van der Waals surface area contributed by atoms with Crippen LogP contribution in [0.3, 0.4) is 0 Å². The van der Waals surface area contributed by atoms with Gasteiger partial charge in [0.05, 0.1) is 24.1 Å². The number of imidazole rings is 1. The summed E-state index contributed by atoms with van der Waals surface area (Å²) in [4.78, 5) is 39.8. The molecule has 0 fully saturated rings. The number of pyridine rings is 1. The van der Waals surface area contributed by atoms with Crippen molar-refractivity contribution in [2.75, 3.05) is 19.0 Å². The topological polar surface area (TPSA) is 99.0 Å². The van der Waals surface area contributed by atoms with E-state index < -0.39 is 24.5 Å². The molecule has 3 aromatic rings. The van der Waals surface area contributed by atoms with E-state index in [1.807, 2.05) is 6.07 Å². The van der Waals surface area contributed by atoms with Crippen LogP contribution in [0, 0.1) is 0 Å². The van der Waals surface area contributed by atoms with Gasteiger partial charge in [0.15, 0.2) is 11.8 Å². The third-order valence-electron chi connectivity index (χ3n) is 3.85. The number of nitrogens with zero attached hydrogens (tertiary/aromatic N) is 2. The molecule has 0 saturated carbocycles. The highest BCUT2D eigenvalue weighted by atomic mass is 35.5. The number of ether oxygens (including phenoxy) is 2. The van der Waals surface area contributed by atoms with Gasteiger partial charge in [0.2, 0.25) is 0 Å². The zero-order chi connectivity index (χ0) is 20.8. The summed E-state index contributed by atoms with van der Waals surface area (Å²) in [5, 5.41) is 2.74. The summed E-state index contributed by atoms with van der Waals surface area (Å²) in [7, 11) is 1.24. The summed E-state index contributed by atoms with van der Waals surface area (Å²) in [6.07, 6.45) is 4.36. The maximum absolute atomic E-state index is 12.0. The molecule has 0 aliphatic rings. The van der Waals surface area contributed by atoms with Crippen molar-refractivity contribution in [2.45, 2.75) is 0 Å². The Labute approximate surface area is 170 Å². The van der Waals surface area contributed by atoms with E-state index in [1.165, 1.54) is 19.3 Å². The van der Waals surface area contributed by atoms with Crippen LogP contribution in [0.2, 0.25) is 5.15 Å². The molecule has 0 spiro atoms. The monoisotopic (exact) mass is 413 g/mol. The minimum absolute atomic E-state index is 0.192. The number of methoxy groups -OCH3 is 1. The van der Waals surface area contributed by atoms with Crippen LogP contribution < -0.4 is 5.32 Å². The van der Waals surface area contributed by atoms with E-state index in [1.54, 1.807) is 40.9 Å². The van der Waals surface area contributed by atoms with Crippen molar-refractivity contribution in [2.24, 2.45) is 0 Å². The Morgan fingerprint density at radius 3 is 2.72 bits per heavy atom. The highest BCUT2D eigenvalue weighted by Crippen LogP contribution is 2.19. The number of rotatable bonds is 6. The van der Waals surface area contributed by atoms with Gasteiger partial charge in [-0.15, -0.1) is 0 Å². The van der Waals surface area contributed by atoms with E-state index in [0.29, 0.717) is 11.3 Å². The molecule has 29 heavy (non-hydrogen) atoms. The second kappa shape index (κ2) is 9.03. The first-order chi connectivity index (χ1) is 14.0. The molecule has 1 aromatic carbocycles. The number of carbonyl (C=O) groups is 3. The van der Waals surface area contributed by atoms with Crippen molar-refractivity contribution < 1.29 is 23.9 Å². The molecule has 0 saturated heterocycles. The SMILES string of the molecule is COC(=O)c1ccccc1NC(=O)COC(=O)/C=C/c1c(Cl)nc2ccccn12. The van der Waals surface area contributed by atoms with Crippen molar-refractivity contribution >= 4 is 46.9 Å². The van der Waals surface area contributed by atoms with Crippen LogP contribution >= 0.6 is 11.6 Å². The minimum atomic E-state index is -0.733. The third kappa shape index (κ3) is 4.80. The number of anilines is 1. The molecule has 148 valence electrons. The maximum atomic E-state index is 12.0. The van der Waals surface area contributed by atoms with Gasteiger partial charge in [-0.1, -0.05) is 29.8 Å². The highest BCUT2D eigenvalue weighted by molar-refractivity contribution is 6.31. The third-order valence-corrected chi connectivity index (χ3v) is 4.13. The number of carbonyl (C=O) groups excluding carboxylic acids is 3. The first-order valence-electron chi connectivity index (χ1n) is 8.44. The first-order valence-corrected chi connectivity index (χ1v) is 8.82. The average molecular weight is 414 g/mol. The van der Waals surface area contributed by atoms with Crippen LogP contribution in [-0.2, 0) is 19.1 Å². The Morgan fingerprint density at radius 2 is 1.93 bits per heavy atom. The van der Waals surface area contributed by atoms with Gasteiger partial charge in [-0.05, 0) is 30.3 Å². The standard InChI is InChI=1S/C20H16ClN3O5/c1-28-20(27)13-6-2-3-7-14(13)22-17(25)12-29-18(26)10-9-15-19(21)23-16-8-4-5-11-24(15)16/h2-11H,12H2,1H3,(H,22,25)/b10-9+. The first kappa shape index (κ1) is 20.1. The van der Waals surface area contributed by atoms with E-state index in [4.69, 9.17) is 16.3 Å². The molecule has 0 bridgehead atoms. The Kier molecular flexibility index (Phi) is 6.25. The second-order valence-electron chi connectivity index (χ2n) is 5.74. The lowest BCUT2D eigenvalue weighted by Crippen LogP contribution is -2.21. The van der Waals surface area contributed by atoms with Gasteiger partial charge in [-0.25, -0.2) is 14.6 Å². The number of aromatic nitrogens is 2. The molecule has 2 aromatic heterocycles. The summed E-state index contributed by atoms with van der Waals surface area (Å²) in [6.45, 7) is -0.528. The molecule has 1 amide bonds. The fourth-order valence-electron chi connectivity index (χ4n) is 2.53. The lowest BCUT2D eigenvalue weighted by atomic mass is 10.2. The number of nitrogens with one attached hydrogen (secondary N) is 1. The fraction of sp³-hybridized carbons (Fsp3) is 0.100. The van der Waals surface area contributed by atoms with Crippen molar-refractivity contribution in [3.63, 3.8) is 0 Å². The van der Waals surface area contributed by atoms with Crippen LogP contribution in [0.15, 0.2) is 54.7 Å². The summed E-state index contributed by atoms with van der Waals surface area (Å²) in [5.41, 5.74) is 1.59. The molecule has 0 atom stereocenters. The molecule has 0 radical (unpaired) electrons. The lowest BCUT2D eigenvalue weighted by Gasteiger charge is -2.09. The van der Waals surface area contributed by atoms with Crippen molar-refractivity contribution in [3.8, 4) is 0 Å². The van der Waals surface area contributed by atoms with Gasteiger partial charge in [0.1, 0.15) is 5.65 Å². The molecule has 1 N–H and O–H groups in total. The Balaban J connectivity index is 1.60. The van der Waals surface area contributed by atoms with Crippen molar-refractivity contribution in [1.82, 2.24) is 9.38 Å². The molecular formula is C20H16ClN3O5. The number of fused-ring (bicyclic) bond motifs is 1. The quantitative estimate of drug-likeness (QED) is 0.492. The fourth-order valence-corrected chi connectivity index (χ4v) is 2.77. The Bertz CT molecular complexity index is 1110. The van der Waals surface area contributed by atoms with E-state index in [-0.39, 0.29) is 16.4 Å². The van der Waals surface area contributed by atoms with Gasteiger partial charge in [0, 0.05) is 12.3 Å². The van der Waals surface area contributed by atoms with Crippen LogP contribution in [0.25, 0.3) is 11.7 Å². The zero-order valence-corrected chi connectivity index (χ0v) is 16.1. The predicted octanol–water partition coefficient (Wildman–Crippen LogP) is 2.97. The minimum Gasteiger partial charge on any atom is -0.465 e. The van der Waals surface area contributed by atoms with E-state index in [9.17, 15) is 14.4 Å². The molecule has 0 aliphatic heterocycles. The Morgan fingerprint density at radius 1 is 1.17 bits per heavy atom. The van der Waals surface area contributed by atoms with Gasteiger partial charge in [-0.3, -0.25) is 9.20 Å². The van der Waals surface area contributed by atoms with Crippen molar-refractivity contribution in [1.29, 1.82) is 0 Å². The van der Waals surface area contributed by atoms with Crippen LogP contribution in [-0.4, -0.2) is 40.9 Å². The van der Waals surface area contributed by atoms with Gasteiger partial charge in [-0.2, -0.15) is 0 Å². The van der Waals surface area contributed by atoms with Gasteiger partial charge < -0.3 is 14.8 Å². The predicted molar refractivity (Wildman–Crippen MR) is 107 cm³/mol. The van der Waals surface area contributed by atoms with Gasteiger partial charge >= 0.3 is 11.9 Å². The number of hydrogen-bond donors (Lipinski definition) is 1. The van der Waals surface area contributed by atoms with E-state index in [2.05, 4.69) is 15.0 Å². The molecule has 9 heteroatoms. The molecule has 2 heterocycles. The summed E-state index contributed by atoms with van der Waals surface area (Å²) in [5.74, 6) is -1.93. The smallest absolute Gasteiger partial charge is 0.339 e. The number of halogens is 1. The molecule has 8 nitrogen and oxygen atoms in total. The number of hydrogen-bond acceptors (Lipinski definition) is 6. The summed E-state index contributed by atoms with van der Waals surface area (Å²) >= 11 is 6.08. The van der Waals surface area contributed by atoms with Gasteiger partial charge in [0.25, 0.3) is 5.91 Å². The molecular weight excluding hydrogens is 398 g/mol. The second-order valence-corrected chi connectivity index (χ2v) is 6.10. The highest BCUT2D eigenvalue weighted by Gasteiger charge is 2.14. The van der Waals surface area contributed by atoms with Crippen molar-refractivity contribution in [3.05, 3.63) is 71.1 Å². The zero-order valence-electron chi connectivity index (χ0n) is 15.3. The van der Waals surface area contributed by atoms with Crippen LogP contribution in [0.1, 0.15) is 16.1 Å². The van der Waals surface area contributed by atoms with Crippen LogP contribution in [0.5, 0.6) is 0 Å². The van der Waals surface area contributed by atoms with E-state index in [0.717, 1.165) is 6.08 Å². The molecule has 3 rings (SSSR count). The number of esters is 2. The van der Waals surface area contributed by atoms with Crippen LogP contribution in [0.4, 0.5) is 5.69 Å². The largest absolute Gasteiger partial charge is 0.465 e. The number of para-hydroxylation sites is 1. The molecule has 0 unspecified atom stereocenters. The maximum Gasteiger partial charge on any atom is 0.339 e. The molecule has 0 aliphatic carbocycles. The normalized spacial score (nSPS) is 10.8. The Hall–Kier alpha value is -3.65.